The van der Waals surface area contributed by atoms with E-state index in [4.69, 9.17) is 9.26 Å². The van der Waals surface area contributed by atoms with Gasteiger partial charge in [-0.3, -0.25) is 0 Å². The molecule has 0 spiro atoms. The maximum absolute atomic E-state index is 9.62. The summed E-state index contributed by atoms with van der Waals surface area (Å²) in [5, 5.41) is 15.3. The fourth-order valence-electron chi connectivity index (χ4n) is 1.74. The number of ether oxygens (including phenoxy) is 1. The van der Waals surface area contributed by atoms with Gasteiger partial charge in [-0.2, -0.15) is 4.98 Å². The third-order valence-electron chi connectivity index (χ3n) is 2.54. The van der Waals surface area contributed by atoms with E-state index < -0.39 is 0 Å². The summed E-state index contributed by atoms with van der Waals surface area (Å²) in [5.41, 5.74) is -0.132. The fourth-order valence-corrected chi connectivity index (χ4v) is 2.45. The summed E-state index contributed by atoms with van der Waals surface area (Å²) in [4.78, 5) is 4.88. The van der Waals surface area contributed by atoms with Crippen LogP contribution in [0.25, 0.3) is 10.8 Å². The molecule has 0 aromatic carbocycles. The molecule has 5 nitrogen and oxygen atoms in total. The van der Waals surface area contributed by atoms with E-state index >= 15 is 0 Å². The Morgan fingerprint density at radius 1 is 1.44 bits per heavy atom. The summed E-state index contributed by atoms with van der Waals surface area (Å²) in [6, 6.07) is 1.60. The molecule has 0 saturated carbocycles. The Hall–Kier alpha value is -1.40. The Morgan fingerprint density at radius 3 is 2.67 bits per heavy atom. The predicted molar refractivity (Wildman–Crippen MR) is 68.5 cm³/mol. The first kappa shape index (κ1) is 13.0. The summed E-state index contributed by atoms with van der Waals surface area (Å²) in [7, 11) is 1.62. The van der Waals surface area contributed by atoms with Crippen molar-refractivity contribution in [2.24, 2.45) is 5.41 Å². The van der Waals surface area contributed by atoms with Crippen LogP contribution in [-0.4, -0.2) is 22.4 Å². The van der Waals surface area contributed by atoms with Crippen molar-refractivity contribution in [1.82, 2.24) is 10.1 Å². The minimum absolute atomic E-state index is 0.132. The Balaban J connectivity index is 2.33. The molecule has 1 atom stereocenters. The highest BCUT2D eigenvalue weighted by atomic mass is 32.1. The van der Waals surface area contributed by atoms with Gasteiger partial charge in [0.2, 0.25) is 5.82 Å². The predicted octanol–water partition coefficient (Wildman–Crippen LogP) is 3.24. The molecule has 2 heterocycles. The van der Waals surface area contributed by atoms with Gasteiger partial charge in [0.1, 0.15) is 16.7 Å². The molecule has 0 amide bonds. The third kappa shape index (κ3) is 2.39. The number of hydrogen-bond donors (Lipinski definition) is 1. The first-order valence-corrected chi connectivity index (χ1v) is 6.44. The number of nitrogens with zero attached hydrogens (tertiary/aromatic N) is 2. The molecule has 2 aromatic rings. The van der Waals surface area contributed by atoms with Crippen LogP contribution in [0.3, 0.4) is 0 Å². The molecular formula is C12H16N2O3S. The van der Waals surface area contributed by atoms with Crippen LogP contribution >= 0.6 is 11.3 Å². The molecule has 0 bridgehead atoms. The molecule has 18 heavy (non-hydrogen) atoms. The monoisotopic (exact) mass is 268 g/mol. The Bertz CT molecular complexity index is 527. The van der Waals surface area contributed by atoms with Crippen LogP contribution in [0.2, 0.25) is 0 Å². The molecule has 1 unspecified atom stereocenters. The van der Waals surface area contributed by atoms with Crippen LogP contribution < -0.4 is 0 Å². The van der Waals surface area contributed by atoms with E-state index in [-0.39, 0.29) is 17.3 Å². The topological polar surface area (TPSA) is 68.4 Å². The minimum atomic E-state index is -0.253. The summed E-state index contributed by atoms with van der Waals surface area (Å²) < 4.78 is 10.6. The number of rotatable bonds is 3. The van der Waals surface area contributed by atoms with E-state index in [0.717, 1.165) is 0 Å². The lowest BCUT2D eigenvalue weighted by molar-refractivity contribution is 0.00718. The van der Waals surface area contributed by atoms with E-state index in [1.165, 1.54) is 11.3 Å². The van der Waals surface area contributed by atoms with Crippen molar-refractivity contribution >= 4 is 11.3 Å². The number of methoxy groups -OCH3 is 1. The van der Waals surface area contributed by atoms with Gasteiger partial charge in [0.15, 0.2) is 0 Å². The smallest absolute Gasteiger partial charge is 0.271 e. The van der Waals surface area contributed by atoms with E-state index in [2.05, 4.69) is 10.1 Å². The molecule has 0 saturated heterocycles. The normalized spacial score (nSPS) is 13.8. The van der Waals surface area contributed by atoms with Crippen LogP contribution in [0.5, 0.6) is 5.75 Å². The van der Waals surface area contributed by atoms with E-state index in [1.54, 1.807) is 18.6 Å². The third-order valence-corrected chi connectivity index (χ3v) is 3.43. The van der Waals surface area contributed by atoms with Crippen molar-refractivity contribution in [1.29, 1.82) is 0 Å². The van der Waals surface area contributed by atoms with Gasteiger partial charge in [-0.25, -0.2) is 0 Å². The highest BCUT2D eigenvalue weighted by Crippen LogP contribution is 2.37. The van der Waals surface area contributed by atoms with Gasteiger partial charge in [-0.1, -0.05) is 25.9 Å². The Morgan fingerprint density at radius 2 is 2.17 bits per heavy atom. The van der Waals surface area contributed by atoms with Gasteiger partial charge in [-0.15, -0.1) is 11.3 Å². The molecule has 2 aromatic heterocycles. The van der Waals surface area contributed by atoms with Crippen molar-refractivity contribution in [3.63, 3.8) is 0 Å². The quantitative estimate of drug-likeness (QED) is 0.925. The average molecular weight is 268 g/mol. The minimum Gasteiger partial charge on any atom is -0.506 e. The first-order chi connectivity index (χ1) is 8.43. The second kappa shape index (κ2) is 4.70. The van der Waals surface area contributed by atoms with Gasteiger partial charge < -0.3 is 14.4 Å². The largest absolute Gasteiger partial charge is 0.506 e. The van der Waals surface area contributed by atoms with Gasteiger partial charge in [0.25, 0.3) is 5.89 Å². The summed E-state index contributed by atoms with van der Waals surface area (Å²) >= 11 is 1.36. The summed E-state index contributed by atoms with van der Waals surface area (Å²) in [6.45, 7) is 6.12. The average Bonchev–Trinajstić information content (AvgIpc) is 2.85. The maximum atomic E-state index is 9.62. The molecule has 6 heteroatoms. The second-order valence-corrected chi connectivity index (χ2v) is 5.99. The number of hydrogen-bond acceptors (Lipinski definition) is 6. The standard InChI is InChI=1S/C12H16N2O3S/c1-12(2,3)9(16-4)10-13-11(17-14-10)8-7(15)5-6-18-8/h5-6,9,15H,1-4H3. The molecular weight excluding hydrogens is 252 g/mol. The maximum Gasteiger partial charge on any atom is 0.271 e. The van der Waals surface area contributed by atoms with E-state index in [1.807, 2.05) is 20.8 Å². The lowest BCUT2D eigenvalue weighted by Gasteiger charge is -2.26. The highest BCUT2D eigenvalue weighted by Gasteiger charge is 2.31. The van der Waals surface area contributed by atoms with Crippen LogP contribution in [0.15, 0.2) is 16.0 Å². The second-order valence-electron chi connectivity index (χ2n) is 5.07. The van der Waals surface area contributed by atoms with Crippen LogP contribution in [0.4, 0.5) is 0 Å². The molecule has 0 aliphatic carbocycles. The highest BCUT2D eigenvalue weighted by molar-refractivity contribution is 7.13. The lowest BCUT2D eigenvalue weighted by atomic mass is 9.88. The van der Waals surface area contributed by atoms with Gasteiger partial charge in [0.05, 0.1) is 0 Å². The molecule has 0 fully saturated rings. The fraction of sp³-hybridized carbons (Fsp3) is 0.500. The molecule has 1 N–H and O–H groups in total. The van der Waals surface area contributed by atoms with Crippen molar-refractivity contribution in [2.45, 2.75) is 26.9 Å². The zero-order valence-electron chi connectivity index (χ0n) is 10.8. The number of aromatic hydroxyl groups is 1. The summed E-state index contributed by atoms with van der Waals surface area (Å²) in [6.07, 6.45) is -0.253. The van der Waals surface area contributed by atoms with Crippen molar-refractivity contribution in [2.75, 3.05) is 7.11 Å². The SMILES string of the molecule is COC(c1noc(-c2sccc2O)n1)C(C)(C)C. The number of thiophene rings is 1. The molecule has 98 valence electrons. The Labute approximate surface area is 109 Å². The first-order valence-electron chi connectivity index (χ1n) is 5.56. The van der Waals surface area contributed by atoms with Crippen molar-refractivity contribution in [3.8, 4) is 16.5 Å². The van der Waals surface area contributed by atoms with Crippen LogP contribution in [0.1, 0.15) is 32.7 Å². The Kier molecular flexibility index (Phi) is 3.41. The van der Waals surface area contributed by atoms with Crippen LogP contribution in [0, 0.1) is 5.41 Å². The molecule has 0 radical (unpaired) electrons. The van der Waals surface area contributed by atoms with Gasteiger partial charge in [-0.05, 0) is 16.9 Å². The zero-order chi connectivity index (χ0) is 13.3. The molecule has 0 aliphatic rings. The van der Waals surface area contributed by atoms with Crippen LogP contribution in [-0.2, 0) is 4.74 Å². The van der Waals surface area contributed by atoms with E-state index in [9.17, 15) is 5.11 Å². The molecule has 2 rings (SSSR count). The van der Waals surface area contributed by atoms with Crippen molar-refractivity contribution in [3.05, 3.63) is 17.3 Å². The number of aromatic nitrogens is 2. The van der Waals surface area contributed by atoms with E-state index in [0.29, 0.717) is 16.6 Å². The molecule has 0 aliphatic heterocycles. The van der Waals surface area contributed by atoms with Crippen molar-refractivity contribution < 1.29 is 14.4 Å². The van der Waals surface area contributed by atoms with Gasteiger partial charge >= 0.3 is 0 Å². The summed E-state index contributed by atoms with van der Waals surface area (Å²) in [5.74, 6) is 0.969. The van der Waals surface area contributed by atoms with Gasteiger partial charge in [0, 0.05) is 7.11 Å². The zero-order valence-corrected chi connectivity index (χ0v) is 11.6. The lowest BCUT2D eigenvalue weighted by Crippen LogP contribution is -2.21.